The van der Waals surface area contributed by atoms with Gasteiger partial charge in [-0.3, -0.25) is 4.90 Å². The maximum Gasteiger partial charge on any atom is 0.0309 e. The molecule has 3 rings (SSSR count). The summed E-state index contributed by atoms with van der Waals surface area (Å²) < 4.78 is 0. The maximum atomic E-state index is 3.79. The molecule has 0 amide bonds. The number of nitrogens with one attached hydrogen (secondary N) is 1. The van der Waals surface area contributed by atoms with Gasteiger partial charge >= 0.3 is 0 Å². The Morgan fingerprint density at radius 3 is 2.50 bits per heavy atom. The van der Waals surface area contributed by atoms with Crippen LogP contribution in [0.2, 0.25) is 0 Å². The molecule has 0 bridgehead atoms. The van der Waals surface area contributed by atoms with Crippen LogP contribution in [0.1, 0.15) is 52.4 Å². The normalized spacial score (nSPS) is 43.0. The molecule has 18 heavy (non-hydrogen) atoms. The van der Waals surface area contributed by atoms with Gasteiger partial charge in [-0.05, 0) is 50.4 Å². The van der Waals surface area contributed by atoms with Gasteiger partial charge in [0.1, 0.15) is 0 Å². The van der Waals surface area contributed by atoms with Crippen LogP contribution >= 0.6 is 0 Å². The van der Waals surface area contributed by atoms with Gasteiger partial charge in [-0.1, -0.05) is 19.8 Å². The molecule has 0 aromatic rings. The number of rotatable bonds is 3. The first-order chi connectivity index (χ1) is 8.66. The minimum Gasteiger partial charge on any atom is -0.309 e. The number of hydrogen-bond donors (Lipinski definition) is 1. The summed E-state index contributed by atoms with van der Waals surface area (Å²) in [6.07, 6.45) is 8.81. The number of hydrogen-bond acceptors (Lipinski definition) is 2. The van der Waals surface area contributed by atoms with Crippen molar-refractivity contribution in [3.05, 3.63) is 0 Å². The van der Waals surface area contributed by atoms with Gasteiger partial charge in [-0.2, -0.15) is 0 Å². The first-order valence-corrected chi connectivity index (χ1v) is 8.13. The molecule has 3 aliphatic rings. The smallest absolute Gasteiger partial charge is 0.0309 e. The van der Waals surface area contributed by atoms with E-state index < -0.39 is 0 Å². The molecule has 1 unspecified atom stereocenters. The Kier molecular flexibility index (Phi) is 3.68. The van der Waals surface area contributed by atoms with E-state index >= 15 is 0 Å². The zero-order valence-electron chi connectivity index (χ0n) is 12.3. The van der Waals surface area contributed by atoms with Gasteiger partial charge in [-0.15, -0.1) is 0 Å². The van der Waals surface area contributed by atoms with Crippen LogP contribution in [0.4, 0.5) is 0 Å². The molecule has 2 saturated carbocycles. The highest BCUT2D eigenvalue weighted by Crippen LogP contribution is 2.41. The molecule has 1 N–H and O–H groups in total. The van der Waals surface area contributed by atoms with E-state index in [-0.39, 0.29) is 0 Å². The van der Waals surface area contributed by atoms with Crippen molar-refractivity contribution in [2.45, 2.75) is 57.9 Å². The van der Waals surface area contributed by atoms with Crippen molar-refractivity contribution in [3.8, 4) is 0 Å². The topological polar surface area (TPSA) is 15.3 Å². The Hall–Kier alpha value is -0.0800. The second-order valence-electron chi connectivity index (χ2n) is 7.48. The molecular formula is C16H30N2. The molecule has 0 radical (unpaired) electrons. The fourth-order valence-electron chi connectivity index (χ4n) is 4.13. The molecule has 104 valence electrons. The highest BCUT2D eigenvalue weighted by atomic mass is 15.2. The summed E-state index contributed by atoms with van der Waals surface area (Å²) >= 11 is 0. The van der Waals surface area contributed by atoms with E-state index in [1.165, 1.54) is 64.7 Å². The minimum atomic E-state index is 0.431. The molecule has 1 aliphatic heterocycles. The van der Waals surface area contributed by atoms with Gasteiger partial charge in [-0.25, -0.2) is 0 Å². The molecule has 0 aromatic heterocycles. The maximum absolute atomic E-state index is 3.79. The van der Waals surface area contributed by atoms with Crippen LogP contribution in [-0.4, -0.2) is 36.6 Å². The van der Waals surface area contributed by atoms with E-state index in [1.807, 2.05) is 0 Å². The Morgan fingerprint density at radius 2 is 1.83 bits per heavy atom. The van der Waals surface area contributed by atoms with Gasteiger partial charge in [0, 0.05) is 31.7 Å². The summed E-state index contributed by atoms with van der Waals surface area (Å²) in [5.74, 6) is 2.94. The van der Waals surface area contributed by atoms with Crippen LogP contribution in [-0.2, 0) is 0 Å². The van der Waals surface area contributed by atoms with E-state index in [2.05, 4.69) is 24.1 Å². The highest BCUT2D eigenvalue weighted by Gasteiger charge is 2.43. The van der Waals surface area contributed by atoms with Crippen molar-refractivity contribution in [2.75, 3.05) is 26.2 Å². The first kappa shape index (κ1) is 12.9. The molecule has 3 fully saturated rings. The van der Waals surface area contributed by atoms with Gasteiger partial charge in [0.25, 0.3) is 0 Å². The van der Waals surface area contributed by atoms with E-state index in [4.69, 9.17) is 0 Å². The molecular weight excluding hydrogens is 220 g/mol. The predicted octanol–water partition coefficient (Wildman–Crippen LogP) is 2.89. The van der Waals surface area contributed by atoms with Crippen LogP contribution in [0.15, 0.2) is 0 Å². The van der Waals surface area contributed by atoms with E-state index in [9.17, 15) is 0 Å². The average Bonchev–Trinajstić information content (AvgIpc) is 3.17. The third-order valence-electron chi connectivity index (χ3n) is 5.64. The van der Waals surface area contributed by atoms with Crippen molar-refractivity contribution in [3.63, 3.8) is 0 Å². The zero-order chi connectivity index (χ0) is 12.6. The van der Waals surface area contributed by atoms with Gasteiger partial charge in [0.15, 0.2) is 0 Å². The monoisotopic (exact) mass is 250 g/mol. The fraction of sp³-hybridized carbons (Fsp3) is 1.00. The molecule has 0 spiro atoms. The van der Waals surface area contributed by atoms with Crippen molar-refractivity contribution < 1.29 is 0 Å². The summed E-state index contributed by atoms with van der Waals surface area (Å²) in [4.78, 5) is 2.76. The lowest BCUT2D eigenvalue weighted by atomic mass is 9.82. The Bertz CT molecular complexity index is 279. The SMILES string of the molecule is CC1CCC(CN2CCNC(C)(C3CC3)C2)CC1. The quantitative estimate of drug-likeness (QED) is 0.828. The van der Waals surface area contributed by atoms with Gasteiger partial charge in [0.05, 0.1) is 0 Å². The number of piperazine rings is 1. The summed E-state index contributed by atoms with van der Waals surface area (Å²) in [7, 11) is 0. The summed E-state index contributed by atoms with van der Waals surface area (Å²) in [6, 6.07) is 0. The lowest BCUT2D eigenvalue weighted by molar-refractivity contribution is 0.0990. The summed E-state index contributed by atoms with van der Waals surface area (Å²) in [5.41, 5.74) is 0.431. The second-order valence-corrected chi connectivity index (χ2v) is 7.48. The fourth-order valence-corrected chi connectivity index (χ4v) is 4.13. The summed E-state index contributed by atoms with van der Waals surface area (Å²) in [6.45, 7) is 10.0. The molecule has 1 saturated heterocycles. The van der Waals surface area contributed by atoms with Crippen LogP contribution in [0.5, 0.6) is 0 Å². The van der Waals surface area contributed by atoms with Crippen LogP contribution in [0.3, 0.4) is 0 Å². The summed E-state index contributed by atoms with van der Waals surface area (Å²) in [5, 5.41) is 3.79. The van der Waals surface area contributed by atoms with Crippen molar-refractivity contribution >= 4 is 0 Å². The third-order valence-corrected chi connectivity index (χ3v) is 5.64. The number of nitrogens with zero attached hydrogens (tertiary/aromatic N) is 1. The lowest BCUT2D eigenvalue weighted by Crippen LogP contribution is -2.60. The minimum absolute atomic E-state index is 0.431. The zero-order valence-corrected chi connectivity index (χ0v) is 12.3. The standard InChI is InChI=1S/C16H30N2/c1-13-3-5-14(6-4-13)11-18-10-9-17-16(2,12-18)15-7-8-15/h13-15,17H,3-12H2,1-2H3. The van der Waals surface area contributed by atoms with Crippen molar-refractivity contribution in [1.82, 2.24) is 10.2 Å². The van der Waals surface area contributed by atoms with Crippen LogP contribution in [0, 0.1) is 17.8 Å². The molecule has 2 nitrogen and oxygen atoms in total. The van der Waals surface area contributed by atoms with Crippen molar-refractivity contribution in [2.24, 2.45) is 17.8 Å². The average molecular weight is 250 g/mol. The van der Waals surface area contributed by atoms with Crippen molar-refractivity contribution in [1.29, 1.82) is 0 Å². The van der Waals surface area contributed by atoms with Gasteiger partial charge < -0.3 is 5.32 Å². The second kappa shape index (κ2) is 5.13. The lowest BCUT2D eigenvalue weighted by Gasteiger charge is -2.43. The predicted molar refractivity (Wildman–Crippen MR) is 76.7 cm³/mol. The van der Waals surface area contributed by atoms with Crippen LogP contribution in [0.25, 0.3) is 0 Å². The third kappa shape index (κ3) is 2.91. The Labute approximate surface area is 113 Å². The van der Waals surface area contributed by atoms with Gasteiger partial charge in [0.2, 0.25) is 0 Å². The molecule has 0 aromatic carbocycles. The van der Waals surface area contributed by atoms with E-state index in [0.717, 1.165) is 17.8 Å². The molecule has 1 atom stereocenters. The first-order valence-electron chi connectivity index (χ1n) is 8.13. The largest absolute Gasteiger partial charge is 0.309 e. The molecule has 1 heterocycles. The van der Waals surface area contributed by atoms with E-state index in [0.29, 0.717) is 5.54 Å². The molecule has 2 heteroatoms. The Balaban J connectivity index is 1.50. The molecule has 2 aliphatic carbocycles. The van der Waals surface area contributed by atoms with Crippen LogP contribution < -0.4 is 5.32 Å². The Morgan fingerprint density at radius 1 is 1.11 bits per heavy atom. The highest BCUT2D eigenvalue weighted by molar-refractivity contribution is 5.02. The van der Waals surface area contributed by atoms with E-state index in [1.54, 1.807) is 0 Å².